The normalized spacial score (nSPS) is 16.5. The fraction of sp³-hybridized carbons (Fsp3) is 0.333. The Morgan fingerprint density at radius 3 is 2.46 bits per heavy atom. The molecule has 1 aliphatic heterocycles. The topological polar surface area (TPSA) is 89.1 Å². The first-order chi connectivity index (χ1) is 12.7. The van der Waals surface area contributed by atoms with Crippen molar-refractivity contribution in [3.63, 3.8) is 0 Å². The van der Waals surface area contributed by atoms with Crippen LogP contribution in [-0.2, 0) is 16.9 Å². The van der Waals surface area contributed by atoms with Crippen molar-refractivity contribution in [1.82, 2.24) is 24.1 Å². The standard InChI is InChI=1S/C18H20N6O2/c25-17(26)18(24-10-6-20-14-24)3-7-23(8-4-18)16-2-1-15(11-21-16)12-22-9-5-19-13-22/h1-2,5-6,9-11,13-14H,3-4,7-8,12H2,(H,25,26). The molecule has 0 saturated carbocycles. The molecule has 1 saturated heterocycles. The number of aromatic nitrogens is 5. The van der Waals surface area contributed by atoms with Gasteiger partial charge in [0.25, 0.3) is 0 Å². The Morgan fingerprint density at radius 2 is 1.88 bits per heavy atom. The molecule has 134 valence electrons. The van der Waals surface area contributed by atoms with Crippen molar-refractivity contribution in [1.29, 1.82) is 0 Å². The summed E-state index contributed by atoms with van der Waals surface area (Å²) in [5.41, 5.74) is 0.177. The summed E-state index contributed by atoms with van der Waals surface area (Å²) in [7, 11) is 0. The summed E-state index contributed by atoms with van der Waals surface area (Å²) in [5, 5.41) is 9.79. The summed E-state index contributed by atoms with van der Waals surface area (Å²) in [6, 6.07) is 4.05. The first-order valence-corrected chi connectivity index (χ1v) is 8.55. The molecule has 8 nitrogen and oxygen atoms in total. The number of carboxylic acids is 1. The molecule has 1 N–H and O–H groups in total. The van der Waals surface area contributed by atoms with Gasteiger partial charge in [0.15, 0.2) is 0 Å². The van der Waals surface area contributed by atoms with Crippen molar-refractivity contribution < 1.29 is 9.90 Å². The van der Waals surface area contributed by atoms with Crippen LogP contribution in [-0.4, -0.2) is 48.3 Å². The summed E-state index contributed by atoms with van der Waals surface area (Å²) in [6.07, 6.45) is 13.3. The molecule has 1 fully saturated rings. The number of piperidine rings is 1. The Morgan fingerprint density at radius 1 is 1.12 bits per heavy atom. The molecule has 1 aliphatic rings. The molecule has 0 atom stereocenters. The van der Waals surface area contributed by atoms with Crippen molar-refractivity contribution in [3.8, 4) is 0 Å². The first-order valence-electron chi connectivity index (χ1n) is 8.55. The van der Waals surface area contributed by atoms with Crippen molar-refractivity contribution in [2.24, 2.45) is 0 Å². The minimum Gasteiger partial charge on any atom is -0.479 e. The van der Waals surface area contributed by atoms with E-state index in [0.717, 1.165) is 17.9 Å². The third kappa shape index (κ3) is 2.94. The summed E-state index contributed by atoms with van der Waals surface area (Å²) >= 11 is 0. The van der Waals surface area contributed by atoms with E-state index in [0.29, 0.717) is 25.9 Å². The molecule has 0 unspecified atom stereocenters. The lowest BCUT2D eigenvalue weighted by Crippen LogP contribution is -2.51. The van der Waals surface area contributed by atoms with Crippen LogP contribution in [0.2, 0.25) is 0 Å². The molecule has 0 radical (unpaired) electrons. The van der Waals surface area contributed by atoms with Gasteiger partial charge in [-0.15, -0.1) is 0 Å². The summed E-state index contributed by atoms with van der Waals surface area (Å²) in [4.78, 5) is 26.7. The maximum atomic E-state index is 11.9. The van der Waals surface area contributed by atoms with Crippen LogP contribution in [0.15, 0.2) is 55.8 Å². The number of anilines is 1. The van der Waals surface area contributed by atoms with Crippen LogP contribution in [0.25, 0.3) is 0 Å². The zero-order chi connectivity index (χ0) is 18.0. The Bertz CT molecular complexity index is 850. The van der Waals surface area contributed by atoms with Gasteiger partial charge in [-0.1, -0.05) is 6.07 Å². The van der Waals surface area contributed by atoms with E-state index in [-0.39, 0.29) is 0 Å². The minimum absolute atomic E-state index is 0.511. The van der Waals surface area contributed by atoms with Crippen LogP contribution < -0.4 is 4.90 Å². The molecule has 0 spiro atoms. The average Bonchev–Trinajstić information content (AvgIpc) is 3.36. The van der Waals surface area contributed by atoms with Gasteiger partial charge in [0.05, 0.1) is 12.7 Å². The highest BCUT2D eigenvalue weighted by atomic mass is 16.4. The van der Waals surface area contributed by atoms with Crippen LogP contribution in [0.4, 0.5) is 5.82 Å². The summed E-state index contributed by atoms with van der Waals surface area (Å²) < 4.78 is 3.71. The second-order valence-corrected chi connectivity index (χ2v) is 6.55. The molecule has 4 rings (SSSR count). The van der Waals surface area contributed by atoms with E-state index in [9.17, 15) is 9.90 Å². The van der Waals surface area contributed by atoms with Crippen LogP contribution in [0.5, 0.6) is 0 Å². The number of imidazole rings is 2. The molecule has 4 heterocycles. The van der Waals surface area contributed by atoms with Gasteiger partial charge in [-0.05, 0) is 24.5 Å². The van der Waals surface area contributed by atoms with E-state index in [2.05, 4.69) is 25.9 Å². The van der Waals surface area contributed by atoms with E-state index < -0.39 is 11.5 Å². The molecule has 3 aromatic rings. The number of aliphatic carboxylic acids is 1. The molecular weight excluding hydrogens is 332 g/mol. The van der Waals surface area contributed by atoms with Crippen molar-refractivity contribution in [2.75, 3.05) is 18.0 Å². The average molecular weight is 352 g/mol. The Kier molecular flexibility index (Phi) is 4.16. The number of nitrogens with zero attached hydrogens (tertiary/aromatic N) is 6. The lowest BCUT2D eigenvalue weighted by molar-refractivity contribution is -0.148. The van der Waals surface area contributed by atoms with Crippen LogP contribution >= 0.6 is 0 Å². The number of rotatable bonds is 5. The fourth-order valence-electron chi connectivity index (χ4n) is 3.49. The number of pyridine rings is 1. The van der Waals surface area contributed by atoms with Gasteiger partial charge in [0, 0.05) is 50.6 Å². The number of carbonyl (C=O) groups is 1. The zero-order valence-electron chi connectivity index (χ0n) is 14.3. The monoisotopic (exact) mass is 352 g/mol. The molecule has 3 aromatic heterocycles. The van der Waals surface area contributed by atoms with Crippen molar-refractivity contribution in [2.45, 2.75) is 24.9 Å². The zero-order valence-corrected chi connectivity index (χ0v) is 14.3. The van der Waals surface area contributed by atoms with E-state index in [1.807, 2.05) is 23.0 Å². The lowest BCUT2D eigenvalue weighted by Gasteiger charge is -2.40. The van der Waals surface area contributed by atoms with E-state index >= 15 is 0 Å². The third-order valence-corrected chi connectivity index (χ3v) is 5.04. The highest BCUT2D eigenvalue weighted by Gasteiger charge is 2.43. The second-order valence-electron chi connectivity index (χ2n) is 6.55. The van der Waals surface area contributed by atoms with Gasteiger partial charge in [-0.3, -0.25) is 0 Å². The van der Waals surface area contributed by atoms with Gasteiger partial charge in [-0.2, -0.15) is 0 Å². The molecule has 8 heteroatoms. The molecule has 0 aliphatic carbocycles. The Hall–Kier alpha value is -3.16. The first kappa shape index (κ1) is 16.3. The van der Waals surface area contributed by atoms with Gasteiger partial charge in [0.1, 0.15) is 11.4 Å². The Labute approximate surface area is 150 Å². The van der Waals surface area contributed by atoms with Crippen LogP contribution in [0.3, 0.4) is 0 Å². The van der Waals surface area contributed by atoms with Gasteiger partial charge in [-0.25, -0.2) is 19.7 Å². The molecule has 26 heavy (non-hydrogen) atoms. The predicted molar refractivity (Wildman–Crippen MR) is 94.8 cm³/mol. The molecular formula is C18H20N6O2. The predicted octanol–water partition coefficient (Wildman–Crippen LogP) is 1.60. The Balaban J connectivity index is 1.45. The smallest absolute Gasteiger partial charge is 0.330 e. The quantitative estimate of drug-likeness (QED) is 0.750. The fourth-order valence-corrected chi connectivity index (χ4v) is 3.49. The highest BCUT2D eigenvalue weighted by molar-refractivity contribution is 5.77. The van der Waals surface area contributed by atoms with Gasteiger partial charge in [0.2, 0.25) is 0 Å². The largest absolute Gasteiger partial charge is 0.479 e. The lowest BCUT2D eigenvalue weighted by atomic mass is 9.87. The number of hydrogen-bond acceptors (Lipinski definition) is 5. The molecule has 0 bridgehead atoms. The number of hydrogen-bond donors (Lipinski definition) is 1. The maximum Gasteiger partial charge on any atom is 0.330 e. The van der Waals surface area contributed by atoms with Gasteiger partial charge >= 0.3 is 5.97 Å². The van der Waals surface area contributed by atoms with E-state index in [1.165, 1.54) is 0 Å². The van der Waals surface area contributed by atoms with Crippen LogP contribution in [0.1, 0.15) is 18.4 Å². The van der Waals surface area contributed by atoms with E-state index in [1.54, 1.807) is 35.8 Å². The maximum absolute atomic E-state index is 11.9. The second kappa shape index (κ2) is 6.62. The number of carboxylic acid groups (broad SMARTS) is 1. The van der Waals surface area contributed by atoms with Crippen molar-refractivity contribution >= 4 is 11.8 Å². The summed E-state index contributed by atoms with van der Waals surface area (Å²) in [6.45, 7) is 2.01. The van der Waals surface area contributed by atoms with Gasteiger partial charge < -0.3 is 19.1 Å². The molecule has 0 amide bonds. The SMILES string of the molecule is O=C(O)C1(n2ccnc2)CCN(c2ccc(Cn3ccnc3)cn2)CC1. The third-order valence-electron chi connectivity index (χ3n) is 5.04. The highest BCUT2D eigenvalue weighted by Crippen LogP contribution is 2.32. The molecule has 0 aromatic carbocycles. The van der Waals surface area contributed by atoms with E-state index in [4.69, 9.17) is 0 Å². The minimum atomic E-state index is -0.922. The summed E-state index contributed by atoms with van der Waals surface area (Å²) in [5.74, 6) is 0.0720. The van der Waals surface area contributed by atoms with Crippen molar-refractivity contribution in [3.05, 3.63) is 61.3 Å². The van der Waals surface area contributed by atoms with Crippen LogP contribution in [0, 0.1) is 0 Å².